The summed E-state index contributed by atoms with van der Waals surface area (Å²) < 4.78 is 7.79. The van der Waals surface area contributed by atoms with E-state index in [4.69, 9.17) is 4.74 Å². The van der Waals surface area contributed by atoms with E-state index in [0.29, 0.717) is 6.61 Å². The zero-order chi connectivity index (χ0) is 16.7. The lowest BCUT2D eigenvalue weighted by Crippen LogP contribution is -2.38. The van der Waals surface area contributed by atoms with Gasteiger partial charge in [-0.05, 0) is 26.8 Å². The second kappa shape index (κ2) is 5.99. The Morgan fingerprint density at radius 1 is 1.29 bits per heavy atom. The van der Waals surface area contributed by atoms with Gasteiger partial charge in [-0.25, -0.2) is 14.5 Å². The van der Waals surface area contributed by atoms with Gasteiger partial charge in [0.05, 0.1) is 12.8 Å². The lowest BCUT2D eigenvalue weighted by molar-refractivity contribution is -0.0367. The number of imidazole rings is 1. The Morgan fingerprint density at radius 2 is 2.17 bits per heavy atom. The van der Waals surface area contributed by atoms with Crippen LogP contribution in [0, 0.1) is 20.8 Å². The molecule has 1 N–H and O–H groups in total. The summed E-state index contributed by atoms with van der Waals surface area (Å²) in [6.07, 6.45) is 3.76. The molecule has 0 aliphatic carbocycles. The van der Waals surface area contributed by atoms with Gasteiger partial charge in [-0.15, -0.1) is 0 Å². The zero-order valence-electron chi connectivity index (χ0n) is 14.3. The molecule has 1 aliphatic heterocycles. The molecule has 0 unspecified atom stereocenters. The Bertz CT molecular complexity index is 867. The molecule has 3 aromatic heterocycles. The Balaban J connectivity index is 1.55. The van der Waals surface area contributed by atoms with Crippen molar-refractivity contribution in [3.63, 3.8) is 0 Å². The van der Waals surface area contributed by atoms with E-state index in [1.54, 1.807) is 0 Å². The number of morpholine rings is 1. The maximum Gasteiger partial charge on any atom is 0.159 e. The van der Waals surface area contributed by atoms with Crippen LogP contribution < -0.4 is 0 Å². The molecule has 4 heterocycles. The van der Waals surface area contributed by atoms with Crippen molar-refractivity contribution in [2.45, 2.75) is 33.4 Å². The lowest BCUT2D eigenvalue weighted by Gasteiger charge is -2.31. The van der Waals surface area contributed by atoms with Crippen molar-refractivity contribution >= 4 is 5.65 Å². The number of nitrogens with one attached hydrogen (secondary N) is 1. The molecule has 1 saturated heterocycles. The first-order valence-corrected chi connectivity index (χ1v) is 8.26. The van der Waals surface area contributed by atoms with Gasteiger partial charge in [-0.2, -0.15) is 5.10 Å². The molecular weight excluding hydrogens is 304 g/mol. The van der Waals surface area contributed by atoms with E-state index in [0.717, 1.165) is 53.8 Å². The first-order chi connectivity index (χ1) is 11.6. The van der Waals surface area contributed by atoms with Crippen LogP contribution >= 0.6 is 0 Å². The number of nitrogens with zero attached hydrogens (tertiary/aromatic N) is 5. The Morgan fingerprint density at radius 3 is 2.96 bits per heavy atom. The van der Waals surface area contributed by atoms with Crippen LogP contribution in [0.2, 0.25) is 0 Å². The molecule has 0 bridgehead atoms. The molecule has 1 fully saturated rings. The lowest BCUT2D eigenvalue weighted by atomic mass is 10.2. The highest BCUT2D eigenvalue weighted by Gasteiger charge is 2.25. The highest BCUT2D eigenvalue weighted by atomic mass is 16.5. The van der Waals surface area contributed by atoms with Gasteiger partial charge in [0.2, 0.25) is 0 Å². The van der Waals surface area contributed by atoms with Crippen LogP contribution in [-0.2, 0) is 11.3 Å². The van der Waals surface area contributed by atoms with Crippen molar-refractivity contribution in [3.05, 3.63) is 46.9 Å². The average molecular weight is 326 g/mol. The van der Waals surface area contributed by atoms with Crippen molar-refractivity contribution in [1.82, 2.24) is 29.5 Å². The quantitative estimate of drug-likeness (QED) is 0.796. The molecule has 24 heavy (non-hydrogen) atoms. The van der Waals surface area contributed by atoms with Gasteiger partial charge in [0.25, 0.3) is 0 Å². The number of H-pyrrole nitrogens is 1. The summed E-state index contributed by atoms with van der Waals surface area (Å²) in [7, 11) is 0. The fraction of sp³-hybridized carbons (Fsp3) is 0.471. The molecule has 7 nitrogen and oxygen atoms in total. The Hall–Kier alpha value is -2.25. The summed E-state index contributed by atoms with van der Waals surface area (Å²) in [4.78, 5) is 14.7. The number of rotatable bonds is 3. The number of hydrogen-bond acceptors (Lipinski definition) is 5. The van der Waals surface area contributed by atoms with Crippen molar-refractivity contribution in [2.75, 3.05) is 19.7 Å². The van der Waals surface area contributed by atoms with E-state index in [1.807, 2.05) is 36.8 Å². The second-order valence-corrected chi connectivity index (χ2v) is 6.49. The summed E-state index contributed by atoms with van der Waals surface area (Å²) in [5.41, 5.74) is 5.29. The van der Waals surface area contributed by atoms with Gasteiger partial charge >= 0.3 is 0 Å². The molecule has 0 radical (unpaired) electrons. The predicted octanol–water partition coefficient (Wildman–Crippen LogP) is 1.95. The van der Waals surface area contributed by atoms with Crippen molar-refractivity contribution < 1.29 is 4.74 Å². The largest absolute Gasteiger partial charge is 0.368 e. The minimum atomic E-state index is -0.00859. The fourth-order valence-corrected chi connectivity index (χ4v) is 3.28. The highest BCUT2D eigenvalue weighted by Crippen LogP contribution is 2.22. The number of aromatic amines is 1. The topological polar surface area (TPSA) is 71.3 Å². The van der Waals surface area contributed by atoms with Gasteiger partial charge in [0.15, 0.2) is 5.65 Å². The van der Waals surface area contributed by atoms with Gasteiger partial charge in [-0.1, -0.05) is 0 Å². The van der Waals surface area contributed by atoms with E-state index in [9.17, 15) is 0 Å². The maximum atomic E-state index is 5.88. The first-order valence-electron chi connectivity index (χ1n) is 8.26. The van der Waals surface area contributed by atoms with E-state index in [2.05, 4.69) is 31.9 Å². The summed E-state index contributed by atoms with van der Waals surface area (Å²) in [5, 5.41) is 4.48. The predicted molar refractivity (Wildman–Crippen MR) is 89.8 cm³/mol. The van der Waals surface area contributed by atoms with Crippen LogP contribution in [0.25, 0.3) is 5.65 Å². The molecule has 0 amide bonds. The number of ether oxygens (including phenoxy) is 1. The maximum absolute atomic E-state index is 5.88. The van der Waals surface area contributed by atoms with E-state index >= 15 is 0 Å². The zero-order valence-corrected chi connectivity index (χ0v) is 14.3. The van der Waals surface area contributed by atoms with Crippen molar-refractivity contribution in [2.24, 2.45) is 0 Å². The van der Waals surface area contributed by atoms with Gasteiger partial charge in [-0.3, -0.25) is 4.90 Å². The minimum absolute atomic E-state index is 0.00859. The van der Waals surface area contributed by atoms with Crippen LogP contribution in [0.4, 0.5) is 0 Å². The van der Waals surface area contributed by atoms with Crippen LogP contribution in [-0.4, -0.2) is 49.2 Å². The normalized spacial score (nSPS) is 19.2. The number of fused-ring (bicyclic) bond motifs is 1. The van der Waals surface area contributed by atoms with Crippen LogP contribution in [0.1, 0.15) is 34.6 Å². The molecule has 126 valence electrons. The van der Waals surface area contributed by atoms with Gasteiger partial charge in [0, 0.05) is 48.5 Å². The summed E-state index contributed by atoms with van der Waals surface area (Å²) in [6, 6.07) is 2.05. The molecule has 1 aliphatic rings. The van der Waals surface area contributed by atoms with Crippen LogP contribution in [0.5, 0.6) is 0 Å². The van der Waals surface area contributed by atoms with Crippen LogP contribution in [0.3, 0.4) is 0 Å². The molecule has 3 aromatic rings. The third-order valence-corrected chi connectivity index (χ3v) is 4.42. The third-order valence-electron chi connectivity index (χ3n) is 4.42. The monoisotopic (exact) mass is 326 g/mol. The van der Waals surface area contributed by atoms with Crippen molar-refractivity contribution in [3.8, 4) is 0 Å². The molecule has 1 atom stereocenters. The highest BCUT2D eigenvalue weighted by molar-refractivity contribution is 5.47. The summed E-state index contributed by atoms with van der Waals surface area (Å²) in [6.45, 7) is 9.32. The first kappa shape index (κ1) is 15.3. The van der Waals surface area contributed by atoms with E-state index < -0.39 is 0 Å². The number of aryl methyl sites for hydroxylation is 3. The van der Waals surface area contributed by atoms with Gasteiger partial charge < -0.3 is 9.72 Å². The van der Waals surface area contributed by atoms with Gasteiger partial charge in [0.1, 0.15) is 11.9 Å². The molecule has 7 heteroatoms. The molecule has 4 rings (SSSR count). The Labute approximate surface area is 140 Å². The fourth-order valence-electron chi connectivity index (χ4n) is 3.28. The van der Waals surface area contributed by atoms with E-state index in [-0.39, 0.29) is 6.10 Å². The van der Waals surface area contributed by atoms with Crippen molar-refractivity contribution in [1.29, 1.82) is 0 Å². The third kappa shape index (κ3) is 2.81. The number of hydrogen-bond donors (Lipinski definition) is 1. The molecular formula is C17H22N6O. The molecule has 0 spiro atoms. The molecule has 0 saturated carbocycles. The SMILES string of the molecule is Cc1cc(C)n2ncc(CN3CCO[C@H](c4ncc(C)[nH]4)C3)c2n1. The average Bonchev–Trinajstić information content (AvgIpc) is 3.15. The summed E-state index contributed by atoms with van der Waals surface area (Å²) in [5.74, 6) is 0.905. The standard InChI is InChI=1S/C17H22N6O/c1-11-6-13(3)23-17(21-11)14(8-19-23)9-22-4-5-24-15(10-22)16-18-7-12(2)20-16/h6-8,15H,4-5,9-10H2,1-3H3,(H,18,20)/t15-/m0/s1. The minimum Gasteiger partial charge on any atom is -0.368 e. The summed E-state index contributed by atoms with van der Waals surface area (Å²) >= 11 is 0. The van der Waals surface area contributed by atoms with E-state index in [1.165, 1.54) is 0 Å². The smallest absolute Gasteiger partial charge is 0.159 e. The van der Waals surface area contributed by atoms with Crippen LogP contribution in [0.15, 0.2) is 18.5 Å². The molecule has 0 aromatic carbocycles. The number of aromatic nitrogens is 5. The Kier molecular flexibility index (Phi) is 3.82. The second-order valence-electron chi connectivity index (χ2n) is 6.49.